The molecule has 2 nitrogen and oxygen atoms in total. The molecule has 0 atom stereocenters. The molecule has 1 aromatic carbocycles. The van der Waals surface area contributed by atoms with Crippen LogP contribution in [0.3, 0.4) is 0 Å². The summed E-state index contributed by atoms with van der Waals surface area (Å²) in [5, 5.41) is 10.4. The standard InChI is InChI=1S/C18H27NO/c1-13(2)19-12-14(7-6-10-20)16-11-15(18(3,4)5)8-9-17(16)19/h8-9,11-13,20H,6-7,10H2,1-5H3. The predicted molar refractivity (Wildman–Crippen MR) is 86.4 cm³/mol. The van der Waals surface area contributed by atoms with Crippen molar-refractivity contribution in [3.05, 3.63) is 35.5 Å². The highest BCUT2D eigenvalue weighted by Gasteiger charge is 2.17. The van der Waals surface area contributed by atoms with Gasteiger partial charge in [0.2, 0.25) is 0 Å². The molecule has 0 unspecified atom stereocenters. The second-order valence-electron chi connectivity index (χ2n) is 6.96. The summed E-state index contributed by atoms with van der Waals surface area (Å²) in [6.45, 7) is 11.4. The molecular formula is C18H27NO. The van der Waals surface area contributed by atoms with Gasteiger partial charge in [0.1, 0.15) is 0 Å². The van der Waals surface area contributed by atoms with Crippen LogP contribution in [0.25, 0.3) is 10.9 Å². The molecule has 20 heavy (non-hydrogen) atoms. The molecule has 110 valence electrons. The van der Waals surface area contributed by atoms with Crippen LogP contribution in [0.2, 0.25) is 0 Å². The normalized spacial score (nSPS) is 12.6. The topological polar surface area (TPSA) is 25.2 Å². The molecule has 0 aliphatic carbocycles. The molecule has 0 amide bonds. The number of aliphatic hydroxyl groups excluding tert-OH is 1. The van der Waals surface area contributed by atoms with Crippen molar-refractivity contribution in [2.45, 2.75) is 58.9 Å². The van der Waals surface area contributed by atoms with Gasteiger partial charge < -0.3 is 9.67 Å². The summed E-state index contributed by atoms with van der Waals surface area (Å²) in [7, 11) is 0. The van der Waals surface area contributed by atoms with E-state index in [0.717, 1.165) is 12.8 Å². The lowest BCUT2D eigenvalue weighted by Crippen LogP contribution is -2.10. The molecule has 0 saturated carbocycles. The Hall–Kier alpha value is -1.28. The molecule has 1 N–H and O–H groups in total. The van der Waals surface area contributed by atoms with Gasteiger partial charge in [-0.1, -0.05) is 26.8 Å². The van der Waals surface area contributed by atoms with Gasteiger partial charge in [-0.25, -0.2) is 0 Å². The minimum atomic E-state index is 0.169. The molecule has 0 radical (unpaired) electrons. The maximum atomic E-state index is 9.09. The lowest BCUT2D eigenvalue weighted by molar-refractivity contribution is 0.288. The zero-order chi connectivity index (χ0) is 14.9. The third-order valence-electron chi connectivity index (χ3n) is 3.94. The summed E-state index contributed by atoms with van der Waals surface area (Å²) in [5.41, 5.74) is 4.20. The molecular weight excluding hydrogens is 246 g/mol. The summed E-state index contributed by atoms with van der Waals surface area (Å²) in [5.74, 6) is 0. The molecule has 0 saturated heterocycles. The fourth-order valence-electron chi connectivity index (χ4n) is 2.69. The van der Waals surface area contributed by atoms with Gasteiger partial charge in [-0.2, -0.15) is 0 Å². The van der Waals surface area contributed by atoms with Crippen LogP contribution >= 0.6 is 0 Å². The van der Waals surface area contributed by atoms with E-state index in [-0.39, 0.29) is 12.0 Å². The Morgan fingerprint density at radius 2 is 1.90 bits per heavy atom. The molecule has 2 rings (SSSR count). The summed E-state index contributed by atoms with van der Waals surface area (Å²) in [4.78, 5) is 0. The Morgan fingerprint density at radius 1 is 1.20 bits per heavy atom. The number of fused-ring (bicyclic) bond motifs is 1. The number of aliphatic hydroxyl groups is 1. The van der Waals surface area contributed by atoms with Gasteiger partial charge in [-0.05, 0) is 55.4 Å². The number of aryl methyl sites for hydroxylation is 1. The van der Waals surface area contributed by atoms with E-state index in [9.17, 15) is 0 Å². The summed E-state index contributed by atoms with van der Waals surface area (Å²) in [6.07, 6.45) is 4.04. The van der Waals surface area contributed by atoms with Crippen LogP contribution in [0, 0.1) is 0 Å². The average molecular weight is 273 g/mol. The van der Waals surface area contributed by atoms with E-state index in [1.165, 1.54) is 22.0 Å². The lowest BCUT2D eigenvalue weighted by atomic mass is 9.86. The highest BCUT2D eigenvalue weighted by Crippen LogP contribution is 2.31. The monoisotopic (exact) mass is 273 g/mol. The van der Waals surface area contributed by atoms with E-state index in [4.69, 9.17) is 5.11 Å². The Morgan fingerprint density at radius 3 is 2.45 bits per heavy atom. The van der Waals surface area contributed by atoms with Crippen LogP contribution in [0.5, 0.6) is 0 Å². The third kappa shape index (κ3) is 2.90. The van der Waals surface area contributed by atoms with Gasteiger partial charge in [-0.3, -0.25) is 0 Å². The molecule has 1 heterocycles. The molecule has 0 fully saturated rings. The van der Waals surface area contributed by atoms with Crippen LogP contribution in [-0.4, -0.2) is 16.3 Å². The molecule has 2 heteroatoms. The van der Waals surface area contributed by atoms with Gasteiger partial charge in [0.25, 0.3) is 0 Å². The Kier molecular flexibility index (Phi) is 4.24. The number of rotatable bonds is 4. The Labute approximate surface area is 122 Å². The molecule has 0 aliphatic rings. The Bertz CT molecular complexity index is 587. The maximum absolute atomic E-state index is 9.09. The molecule has 1 aromatic heterocycles. The molecule has 0 aliphatic heterocycles. The predicted octanol–water partition coefficient (Wildman–Crippen LogP) is 4.44. The van der Waals surface area contributed by atoms with Crippen LogP contribution in [-0.2, 0) is 11.8 Å². The van der Waals surface area contributed by atoms with E-state index in [1.807, 2.05) is 0 Å². The zero-order valence-electron chi connectivity index (χ0n) is 13.4. The van der Waals surface area contributed by atoms with Crippen LogP contribution in [0.15, 0.2) is 24.4 Å². The van der Waals surface area contributed by atoms with Crippen molar-refractivity contribution < 1.29 is 5.11 Å². The van der Waals surface area contributed by atoms with Crippen LogP contribution in [0.1, 0.15) is 58.2 Å². The number of hydrogen-bond acceptors (Lipinski definition) is 1. The molecule has 2 aromatic rings. The van der Waals surface area contributed by atoms with E-state index in [0.29, 0.717) is 6.04 Å². The summed E-state index contributed by atoms with van der Waals surface area (Å²) < 4.78 is 2.34. The fraction of sp³-hybridized carbons (Fsp3) is 0.556. The second-order valence-corrected chi connectivity index (χ2v) is 6.96. The first kappa shape index (κ1) is 15.1. The van der Waals surface area contributed by atoms with Crippen LogP contribution < -0.4 is 0 Å². The van der Waals surface area contributed by atoms with Gasteiger partial charge in [0.15, 0.2) is 0 Å². The lowest BCUT2D eigenvalue weighted by Gasteiger charge is -2.19. The van der Waals surface area contributed by atoms with E-state index in [1.54, 1.807) is 0 Å². The average Bonchev–Trinajstić information content (AvgIpc) is 2.73. The quantitative estimate of drug-likeness (QED) is 0.875. The van der Waals surface area contributed by atoms with Crippen molar-refractivity contribution in [3.63, 3.8) is 0 Å². The first-order valence-corrected chi connectivity index (χ1v) is 7.59. The van der Waals surface area contributed by atoms with Gasteiger partial charge in [-0.15, -0.1) is 0 Å². The van der Waals surface area contributed by atoms with Gasteiger partial charge in [0, 0.05) is 29.7 Å². The first-order chi connectivity index (χ1) is 9.34. The van der Waals surface area contributed by atoms with Crippen LogP contribution in [0.4, 0.5) is 0 Å². The minimum Gasteiger partial charge on any atom is -0.396 e. The zero-order valence-corrected chi connectivity index (χ0v) is 13.4. The largest absolute Gasteiger partial charge is 0.396 e. The van der Waals surface area contributed by atoms with Crippen molar-refractivity contribution in [3.8, 4) is 0 Å². The highest BCUT2D eigenvalue weighted by molar-refractivity contribution is 5.85. The summed E-state index contributed by atoms with van der Waals surface area (Å²) in [6, 6.07) is 7.29. The first-order valence-electron chi connectivity index (χ1n) is 7.59. The van der Waals surface area contributed by atoms with E-state index in [2.05, 4.69) is 63.6 Å². The van der Waals surface area contributed by atoms with E-state index >= 15 is 0 Å². The van der Waals surface area contributed by atoms with Gasteiger partial charge in [0.05, 0.1) is 0 Å². The number of nitrogens with zero attached hydrogens (tertiary/aromatic N) is 1. The number of aromatic nitrogens is 1. The minimum absolute atomic E-state index is 0.169. The highest BCUT2D eigenvalue weighted by atomic mass is 16.2. The third-order valence-corrected chi connectivity index (χ3v) is 3.94. The smallest absolute Gasteiger partial charge is 0.0485 e. The van der Waals surface area contributed by atoms with Crippen molar-refractivity contribution in [1.29, 1.82) is 0 Å². The Balaban J connectivity index is 2.58. The van der Waals surface area contributed by atoms with Crippen molar-refractivity contribution >= 4 is 10.9 Å². The fourth-order valence-corrected chi connectivity index (χ4v) is 2.69. The molecule has 0 spiro atoms. The van der Waals surface area contributed by atoms with Crippen molar-refractivity contribution in [2.24, 2.45) is 0 Å². The SMILES string of the molecule is CC(C)n1cc(CCCO)c2cc(C(C)(C)C)ccc21. The number of benzene rings is 1. The number of hydrogen-bond donors (Lipinski definition) is 1. The van der Waals surface area contributed by atoms with Crippen molar-refractivity contribution in [1.82, 2.24) is 4.57 Å². The summed E-state index contributed by atoms with van der Waals surface area (Å²) >= 11 is 0. The maximum Gasteiger partial charge on any atom is 0.0485 e. The second kappa shape index (κ2) is 5.61. The van der Waals surface area contributed by atoms with Crippen molar-refractivity contribution in [2.75, 3.05) is 6.61 Å². The van der Waals surface area contributed by atoms with Gasteiger partial charge >= 0.3 is 0 Å². The van der Waals surface area contributed by atoms with E-state index < -0.39 is 0 Å². The molecule has 0 bridgehead atoms.